The lowest BCUT2D eigenvalue weighted by Gasteiger charge is -2.36. The van der Waals surface area contributed by atoms with Gasteiger partial charge in [0.15, 0.2) is 0 Å². The van der Waals surface area contributed by atoms with Crippen LogP contribution in [-0.4, -0.2) is 41.4 Å². The first-order valence-electron chi connectivity index (χ1n) is 8.42. The molecule has 1 aliphatic carbocycles. The Hall–Kier alpha value is -1.59. The van der Waals surface area contributed by atoms with Crippen molar-refractivity contribution in [1.29, 1.82) is 0 Å². The summed E-state index contributed by atoms with van der Waals surface area (Å²) in [5, 5.41) is 5.63. The molecule has 0 aromatic rings. The Kier molecular flexibility index (Phi) is 5.42. The smallest absolute Gasteiger partial charge is 0.325 e. The molecule has 124 valence electrons. The molecule has 6 nitrogen and oxygen atoms in total. The summed E-state index contributed by atoms with van der Waals surface area (Å²) in [5.74, 6) is -0.371. The average Bonchev–Trinajstić information content (AvgIpc) is 2.72. The van der Waals surface area contributed by atoms with Gasteiger partial charge in [-0.05, 0) is 25.2 Å². The first-order valence-corrected chi connectivity index (χ1v) is 8.42. The van der Waals surface area contributed by atoms with Gasteiger partial charge in [0.2, 0.25) is 5.91 Å². The molecule has 1 spiro atoms. The number of carbonyl (C=O) groups excluding carboxylic acids is 3. The highest BCUT2D eigenvalue weighted by Gasteiger charge is 2.55. The number of hydrogen-bond acceptors (Lipinski definition) is 3. The second kappa shape index (κ2) is 7.11. The largest absolute Gasteiger partial charge is 0.355 e. The van der Waals surface area contributed by atoms with Crippen molar-refractivity contribution < 1.29 is 14.4 Å². The van der Waals surface area contributed by atoms with E-state index in [4.69, 9.17) is 0 Å². The number of hydrogen-bond donors (Lipinski definition) is 2. The Bertz CT molecular complexity index is 452. The van der Waals surface area contributed by atoms with Crippen LogP contribution in [0.15, 0.2) is 0 Å². The third-order valence-corrected chi connectivity index (χ3v) is 4.91. The van der Waals surface area contributed by atoms with Crippen molar-refractivity contribution in [2.75, 3.05) is 13.1 Å². The lowest BCUT2D eigenvalue weighted by molar-refractivity contribution is -0.137. The van der Waals surface area contributed by atoms with Crippen LogP contribution in [0.2, 0.25) is 0 Å². The molecule has 0 aromatic carbocycles. The molecule has 6 heteroatoms. The van der Waals surface area contributed by atoms with E-state index < -0.39 is 11.6 Å². The van der Waals surface area contributed by atoms with Crippen LogP contribution in [0.1, 0.15) is 58.8 Å². The Morgan fingerprint density at radius 2 is 2.14 bits per heavy atom. The van der Waals surface area contributed by atoms with Crippen LogP contribution in [0.25, 0.3) is 0 Å². The summed E-state index contributed by atoms with van der Waals surface area (Å²) < 4.78 is 0. The molecule has 2 rings (SSSR count). The number of amides is 4. The maximum absolute atomic E-state index is 12.7. The molecule has 2 aliphatic rings. The van der Waals surface area contributed by atoms with E-state index in [1.807, 2.05) is 6.92 Å². The number of nitrogens with one attached hydrogen (secondary N) is 2. The predicted octanol–water partition coefficient (Wildman–Crippen LogP) is 1.79. The first-order chi connectivity index (χ1) is 10.5. The van der Waals surface area contributed by atoms with Crippen LogP contribution in [0, 0.1) is 5.92 Å². The van der Waals surface area contributed by atoms with E-state index in [-0.39, 0.29) is 24.3 Å². The lowest BCUT2D eigenvalue weighted by atomic mass is 9.73. The van der Waals surface area contributed by atoms with Crippen molar-refractivity contribution in [3.63, 3.8) is 0 Å². The second-order valence-corrected chi connectivity index (χ2v) is 6.50. The van der Waals surface area contributed by atoms with Crippen molar-refractivity contribution in [2.45, 2.75) is 64.3 Å². The van der Waals surface area contributed by atoms with Crippen LogP contribution in [0.3, 0.4) is 0 Å². The van der Waals surface area contributed by atoms with Gasteiger partial charge in [0.25, 0.3) is 5.91 Å². The summed E-state index contributed by atoms with van der Waals surface area (Å²) in [6.07, 6.45) is 6.70. The average molecular weight is 309 g/mol. The van der Waals surface area contributed by atoms with Crippen LogP contribution in [-0.2, 0) is 9.59 Å². The minimum atomic E-state index is -0.780. The summed E-state index contributed by atoms with van der Waals surface area (Å²) in [6.45, 7) is 4.52. The topological polar surface area (TPSA) is 78.5 Å². The molecular weight excluding hydrogens is 282 g/mol. The number of imide groups is 1. The second-order valence-electron chi connectivity index (χ2n) is 6.50. The van der Waals surface area contributed by atoms with Gasteiger partial charge in [-0.3, -0.25) is 14.5 Å². The van der Waals surface area contributed by atoms with Crippen LogP contribution in [0.4, 0.5) is 4.79 Å². The summed E-state index contributed by atoms with van der Waals surface area (Å²) in [5.41, 5.74) is -0.780. The number of urea groups is 1. The fourth-order valence-corrected chi connectivity index (χ4v) is 3.44. The molecule has 0 aromatic heterocycles. The summed E-state index contributed by atoms with van der Waals surface area (Å²) in [6, 6.07) is -0.428. The van der Waals surface area contributed by atoms with E-state index in [0.29, 0.717) is 13.0 Å². The van der Waals surface area contributed by atoms with Crippen molar-refractivity contribution in [1.82, 2.24) is 15.5 Å². The number of nitrogens with zero attached hydrogens (tertiary/aromatic N) is 1. The Balaban J connectivity index is 1.93. The molecule has 2 atom stereocenters. The first kappa shape index (κ1) is 16.8. The highest BCUT2D eigenvalue weighted by Crippen LogP contribution is 2.38. The normalized spacial score (nSPS) is 28.1. The van der Waals surface area contributed by atoms with Crippen molar-refractivity contribution >= 4 is 17.8 Å². The van der Waals surface area contributed by atoms with Gasteiger partial charge in [-0.2, -0.15) is 0 Å². The third-order valence-electron chi connectivity index (χ3n) is 4.91. The van der Waals surface area contributed by atoms with Crippen molar-refractivity contribution in [2.24, 2.45) is 5.92 Å². The van der Waals surface area contributed by atoms with Crippen molar-refractivity contribution in [3.05, 3.63) is 0 Å². The van der Waals surface area contributed by atoms with Gasteiger partial charge in [0.1, 0.15) is 12.1 Å². The van der Waals surface area contributed by atoms with Crippen LogP contribution >= 0.6 is 0 Å². The molecule has 4 amide bonds. The zero-order valence-corrected chi connectivity index (χ0v) is 13.6. The molecule has 22 heavy (non-hydrogen) atoms. The minimum absolute atomic E-state index is 0.121. The molecule has 1 aliphatic heterocycles. The van der Waals surface area contributed by atoms with Gasteiger partial charge in [-0.1, -0.05) is 39.5 Å². The van der Waals surface area contributed by atoms with Crippen LogP contribution in [0.5, 0.6) is 0 Å². The van der Waals surface area contributed by atoms with E-state index in [9.17, 15) is 14.4 Å². The van der Waals surface area contributed by atoms with E-state index >= 15 is 0 Å². The van der Waals surface area contributed by atoms with Gasteiger partial charge in [0.05, 0.1) is 0 Å². The molecule has 1 saturated carbocycles. The molecule has 2 fully saturated rings. The fourth-order valence-electron chi connectivity index (χ4n) is 3.44. The van der Waals surface area contributed by atoms with Gasteiger partial charge in [-0.15, -0.1) is 0 Å². The van der Waals surface area contributed by atoms with E-state index in [1.54, 1.807) is 0 Å². The lowest BCUT2D eigenvalue weighted by Crippen LogP contribution is -2.54. The Morgan fingerprint density at radius 3 is 2.82 bits per heavy atom. The predicted molar refractivity (Wildman–Crippen MR) is 83.1 cm³/mol. The third kappa shape index (κ3) is 3.25. The van der Waals surface area contributed by atoms with Crippen LogP contribution < -0.4 is 10.6 Å². The Morgan fingerprint density at radius 1 is 1.36 bits per heavy atom. The van der Waals surface area contributed by atoms with Crippen molar-refractivity contribution in [3.8, 4) is 0 Å². The molecular formula is C16H27N3O3. The highest BCUT2D eigenvalue weighted by molar-refractivity contribution is 6.09. The minimum Gasteiger partial charge on any atom is -0.355 e. The molecule has 1 heterocycles. The number of unbranched alkanes of at least 4 members (excludes halogenated alkanes) is 2. The van der Waals surface area contributed by atoms with Gasteiger partial charge in [0, 0.05) is 6.54 Å². The van der Waals surface area contributed by atoms with E-state index in [0.717, 1.165) is 43.4 Å². The van der Waals surface area contributed by atoms with Gasteiger partial charge in [-0.25, -0.2) is 4.79 Å². The quantitative estimate of drug-likeness (QED) is 0.580. The maximum atomic E-state index is 12.7. The number of carbonyl (C=O) groups is 3. The Labute approximate surface area is 132 Å². The molecule has 0 unspecified atom stereocenters. The zero-order chi connectivity index (χ0) is 16.2. The SMILES string of the molecule is CCCCCNC(=O)CN1C(=O)N[C@]2(CCCC[C@@H]2C)C1=O. The maximum Gasteiger partial charge on any atom is 0.325 e. The number of rotatable bonds is 6. The fraction of sp³-hybridized carbons (Fsp3) is 0.812. The molecule has 1 saturated heterocycles. The zero-order valence-electron chi connectivity index (χ0n) is 13.6. The van der Waals surface area contributed by atoms with Gasteiger partial charge < -0.3 is 10.6 Å². The van der Waals surface area contributed by atoms with E-state index in [2.05, 4.69) is 17.6 Å². The summed E-state index contributed by atoms with van der Waals surface area (Å²) >= 11 is 0. The summed E-state index contributed by atoms with van der Waals surface area (Å²) in [7, 11) is 0. The summed E-state index contributed by atoms with van der Waals surface area (Å²) in [4.78, 5) is 37.8. The molecule has 2 N–H and O–H groups in total. The monoisotopic (exact) mass is 309 g/mol. The standard InChI is InChI=1S/C16H27N3O3/c1-3-4-7-10-17-13(20)11-19-14(21)16(18-15(19)22)9-6-5-8-12(16)2/h12H,3-11H2,1-2H3,(H,17,20)(H,18,22)/t12-,16-/m0/s1. The molecule has 0 bridgehead atoms. The van der Waals surface area contributed by atoms with Gasteiger partial charge >= 0.3 is 6.03 Å². The highest BCUT2D eigenvalue weighted by atomic mass is 16.2. The molecule has 0 radical (unpaired) electrons. The van der Waals surface area contributed by atoms with E-state index in [1.165, 1.54) is 0 Å².